The van der Waals surface area contributed by atoms with Crippen LogP contribution >= 0.6 is 0 Å². The highest BCUT2D eigenvalue weighted by molar-refractivity contribution is 7.91. The molecule has 132 valence electrons. The number of hydrogen-bond acceptors (Lipinski definition) is 3. The van der Waals surface area contributed by atoms with E-state index in [0.717, 1.165) is 12.8 Å². The van der Waals surface area contributed by atoms with Gasteiger partial charge in [-0.15, -0.1) is 0 Å². The number of sulfone groups is 1. The van der Waals surface area contributed by atoms with Crippen LogP contribution in [0.2, 0.25) is 0 Å². The number of benzene rings is 1. The third-order valence-electron chi connectivity index (χ3n) is 5.65. The van der Waals surface area contributed by atoms with E-state index in [9.17, 15) is 13.2 Å². The largest absolute Gasteiger partial charge is 0.355 e. The molecule has 1 aliphatic carbocycles. The van der Waals surface area contributed by atoms with Crippen molar-refractivity contribution in [2.24, 2.45) is 5.92 Å². The summed E-state index contributed by atoms with van der Waals surface area (Å²) in [5.74, 6) is -0.296. The van der Waals surface area contributed by atoms with Crippen LogP contribution in [-0.2, 0) is 20.0 Å². The predicted octanol–water partition coefficient (Wildman–Crippen LogP) is 2.83. The highest BCUT2D eigenvalue weighted by atomic mass is 32.2. The van der Waals surface area contributed by atoms with Gasteiger partial charge in [0.15, 0.2) is 9.84 Å². The third-order valence-corrected chi connectivity index (χ3v) is 7.42. The second-order valence-electron chi connectivity index (χ2n) is 7.38. The van der Waals surface area contributed by atoms with E-state index in [1.165, 1.54) is 31.2 Å². The number of nitrogens with one attached hydrogen (secondary N) is 1. The molecule has 2 fully saturated rings. The van der Waals surface area contributed by atoms with E-state index in [4.69, 9.17) is 0 Å². The average Bonchev–Trinajstić information content (AvgIpc) is 2.81. The summed E-state index contributed by atoms with van der Waals surface area (Å²) in [4.78, 5) is 12.5. The first-order valence-corrected chi connectivity index (χ1v) is 10.9. The maximum absolute atomic E-state index is 12.5. The third kappa shape index (κ3) is 4.00. The zero-order valence-corrected chi connectivity index (χ0v) is 15.0. The van der Waals surface area contributed by atoms with Crippen molar-refractivity contribution in [3.63, 3.8) is 0 Å². The Labute approximate surface area is 145 Å². The smallest absolute Gasteiger partial charge is 0.224 e. The summed E-state index contributed by atoms with van der Waals surface area (Å²) < 4.78 is 23.2. The van der Waals surface area contributed by atoms with E-state index in [2.05, 4.69) is 29.6 Å². The molecule has 24 heavy (non-hydrogen) atoms. The fraction of sp³-hybridized carbons (Fsp3) is 0.632. The zero-order valence-electron chi connectivity index (χ0n) is 14.2. The molecule has 1 saturated heterocycles. The molecule has 0 spiro atoms. The Morgan fingerprint density at radius 1 is 1.08 bits per heavy atom. The van der Waals surface area contributed by atoms with Crippen molar-refractivity contribution in [1.29, 1.82) is 0 Å². The Hall–Kier alpha value is -1.36. The number of rotatable bonds is 4. The Bertz CT molecular complexity index is 661. The van der Waals surface area contributed by atoms with Crippen LogP contribution in [0.15, 0.2) is 30.3 Å². The maximum atomic E-state index is 12.5. The highest BCUT2D eigenvalue weighted by Gasteiger charge is 2.36. The van der Waals surface area contributed by atoms with Gasteiger partial charge in [-0.05, 0) is 24.8 Å². The number of carbonyl (C=O) groups is 1. The van der Waals surface area contributed by atoms with Gasteiger partial charge in [-0.1, -0.05) is 56.0 Å². The molecule has 1 aromatic carbocycles. The fourth-order valence-electron chi connectivity index (χ4n) is 4.17. The van der Waals surface area contributed by atoms with Crippen molar-refractivity contribution in [1.82, 2.24) is 5.32 Å². The second kappa shape index (κ2) is 7.26. The van der Waals surface area contributed by atoms with Crippen LogP contribution in [0.25, 0.3) is 0 Å². The van der Waals surface area contributed by atoms with Crippen molar-refractivity contribution >= 4 is 15.7 Å². The molecule has 1 N–H and O–H groups in total. The van der Waals surface area contributed by atoms with E-state index in [1.807, 2.05) is 6.07 Å². The van der Waals surface area contributed by atoms with Crippen LogP contribution in [0, 0.1) is 5.92 Å². The summed E-state index contributed by atoms with van der Waals surface area (Å²) in [6, 6.07) is 10.5. The molecule has 1 saturated carbocycles. The van der Waals surface area contributed by atoms with Gasteiger partial charge in [0.2, 0.25) is 5.91 Å². The van der Waals surface area contributed by atoms with Gasteiger partial charge in [0.1, 0.15) is 0 Å². The zero-order chi connectivity index (χ0) is 17.0. The first-order valence-electron chi connectivity index (χ1n) is 9.04. The van der Waals surface area contributed by atoms with Crippen LogP contribution in [0.3, 0.4) is 0 Å². The van der Waals surface area contributed by atoms with Crippen molar-refractivity contribution in [2.45, 2.75) is 50.4 Å². The molecule has 0 radical (unpaired) electrons. The maximum Gasteiger partial charge on any atom is 0.224 e. The molecular weight excluding hydrogens is 322 g/mol. The Morgan fingerprint density at radius 2 is 1.75 bits per heavy atom. The lowest BCUT2D eigenvalue weighted by molar-refractivity contribution is -0.124. The molecule has 1 amide bonds. The van der Waals surface area contributed by atoms with E-state index in [-0.39, 0.29) is 28.7 Å². The quantitative estimate of drug-likeness (QED) is 0.850. The molecule has 3 rings (SSSR count). The Balaban J connectivity index is 1.72. The van der Waals surface area contributed by atoms with Crippen LogP contribution in [0.4, 0.5) is 0 Å². The molecule has 0 bridgehead atoms. The minimum absolute atomic E-state index is 0.00903. The second-order valence-corrected chi connectivity index (χ2v) is 9.61. The Morgan fingerprint density at radius 3 is 2.33 bits per heavy atom. The SMILES string of the molecule is O=C(NCC1(c2ccccc2)CCCCCC1)[C@H]1CCS(=O)(=O)C1. The molecule has 0 aromatic heterocycles. The molecule has 5 heteroatoms. The summed E-state index contributed by atoms with van der Waals surface area (Å²) in [6.07, 6.45) is 7.50. The fourth-order valence-corrected chi connectivity index (χ4v) is 5.91. The molecule has 4 nitrogen and oxygen atoms in total. The van der Waals surface area contributed by atoms with Crippen molar-refractivity contribution < 1.29 is 13.2 Å². The molecule has 1 heterocycles. The van der Waals surface area contributed by atoms with Gasteiger partial charge in [-0.25, -0.2) is 8.42 Å². The minimum atomic E-state index is -3.02. The standard InChI is InChI=1S/C19H27NO3S/c21-18(16-10-13-24(22,23)14-16)20-15-19(11-6-1-2-7-12-19)17-8-4-3-5-9-17/h3-5,8-9,16H,1-2,6-7,10-15H2,(H,20,21)/t16-/m0/s1. The van der Waals surface area contributed by atoms with E-state index >= 15 is 0 Å². The monoisotopic (exact) mass is 349 g/mol. The van der Waals surface area contributed by atoms with Gasteiger partial charge in [0.05, 0.1) is 17.4 Å². The molecule has 1 aromatic rings. The summed E-state index contributed by atoms with van der Waals surface area (Å²) in [7, 11) is -3.02. The number of hydrogen-bond donors (Lipinski definition) is 1. The molecule has 0 unspecified atom stereocenters. The van der Waals surface area contributed by atoms with Crippen molar-refractivity contribution in [2.75, 3.05) is 18.1 Å². The topological polar surface area (TPSA) is 63.2 Å². The van der Waals surface area contributed by atoms with E-state index in [0.29, 0.717) is 13.0 Å². The normalized spacial score (nSPS) is 25.8. The minimum Gasteiger partial charge on any atom is -0.355 e. The van der Waals surface area contributed by atoms with Crippen LogP contribution in [-0.4, -0.2) is 32.4 Å². The first kappa shape index (κ1) is 17.5. The summed E-state index contributed by atoms with van der Waals surface area (Å²) >= 11 is 0. The van der Waals surface area contributed by atoms with Crippen molar-refractivity contribution in [3.8, 4) is 0 Å². The number of amides is 1. The summed E-state index contributed by atoms with van der Waals surface area (Å²) in [6.45, 7) is 0.617. The van der Waals surface area contributed by atoms with Crippen LogP contribution in [0.1, 0.15) is 50.5 Å². The lowest BCUT2D eigenvalue weighted by atomic mass is 9.74. The predicted molar refractivity (Wildman–Crippen MR) is 95.6 cm³/mol. The highest BCUT2D eigenvalue weighted by Crippen LogP contribution is 2.38. The van der Waals surface area contributed by atoms with Gasteiger partial charge in [-0.2, -0.15) is 0 Å². The van der Waals surface area contributed by atoms with Crippen LogP contribution in [0.5, 0.6) is 0 Å². The first-order chi connectivity index (χ1) is 11.5. The average molecular weight is 349 g/mol. The molecule has 2 aliphatic rings. The van der Waals surface area contributed by atoms with Gasteiger partial charge in [0, 0.05) is 12.0 Å². The van der Waals surface area contributed by atoms with Gasteiger partial charge in [-0.3, -0.25) is 4.79 Å². The van der Waals surface area contributed by atoms with Gasteiger partial charge in [0.25, 0.3) is 0 Å². The van der Waals surface area contributed by atoms with E-state index < -0.39 is 9.84 Å². The van der Waals surface area contributed by atoms with Gasteiger partial charge < -0.3 is 5.32 Å². The summed E-state index contributed by atoms with van der Waals surface area (Å²) in [5, 5.41) is 3.10. The molecular formula is C19H27NO3S. The molecule has 1 atom stereocenters. The van der Waals surface area contributed by atoms with E-state index in [1.54, 1.807) is 0 Å². The van der Waals surface area contributed by atoms with Crippen LogP contribution < -0.4 is 5.32 Å². The van der Waals surface area contributed by atoms with Gasteiger partial charge >= 0.3 is 0 Å². The number of carbonyl (C=O) groups excluding carboxylic acids is 1. The van der Waals surface area contributed by atoms with Crippen molar-refractivity contribution in [3.05, 3.63) is 35.9 Å². The lowest BCUT2D eigenvalue weighted by Gasteiger charge is -2.34. The lowest BCUT2D eigenvalue weighted by Crippen LogP contribution is -2.43. The molecule has 1 aliphatic heterocycles. The Kier molecular flexibility index (Phi) is 5.28. The summed E-state index contributed by atoms with van der Waals surface area (Å²) in [5.41, 5.74) is 1.29.